The first kappa shape index (κ1) is 26.9. The fourth-order valence-electron chi connectivity index (χ4n) is 3.82. The van der Waals surface area contributed by atoms with Gasteiger partial charge in [-0.2, -0.15) is 0 Å². The van der Waals surface area contributed by atoms with Gasteiger partial charge in [-0.05, 0) is 54.0 Å². The van der Waals surface area contributed by atoms with Gasteiger partial charge in [0.15, 0.2) is 11.5 Å². The standard InChI is InChI=1S/C29H27BrN2O6/c1-3-13-37-25-11-9-20(14-26(25)36-2)17-32-28(34)23(27(33)31-29(32)35)16-21-15-22(30)10-12-24(21)38-18-19-7-5-4-6-8-19/h4-12,14-16H,3,13,17-18H2,1-2H3,(H,31,33,35)/b23-16+. The summed E-state index contributed by atoms with van der Waals surface area (Å²) in [6, 6.07) is 19.3. The number of urea groups is 1. The maximum absolute atomic E-state index is 13.4. The summed E-state index contributed by atoms with van der Waals surface area (Å²) < 4.78 is 17.8. The molecule has 0 atom stereocenters. The van der Waals surface area contributed by atoms with Gasteiger partial charge in [0.2, 0.25) is 0 Å². The molecule has 9 heteroatoms. The van der Waals surface area contributed by atoms with Crippen LogP contribution in [0.15, 0.2) is 76.8 Å². The molecular formula is C29H27BrN2O6. The lowest BCUT2D eigenvalue weighted by molar-refractivity contribution is -0.130. The minimum atomic E-state index is -0.794. The van der Waals surface area contributed by atoms with Crippen LogP contribution in [0.3, 0.4) is 0 Å². The number of ether oxygens (including phenoxy) is 3. The largest absolute Gasteiger partial charge is 0.493 e. The zero-order valence-electron chi connectivity index (χ0n) is 21.0. The molecule has 8 nitrogen and oxygen atoms in total. The second kappa shape index (κ2) is 12.4. The molecular weight excluding hydrogens is 552 g/mol. The molecule has 196 valence electrons. The van der Waals surface area contributed by atoms with Gasteiger partial charge in [-0.25, -0.2) is 4.79 Å². The monoisotopic (exact) mass is 578 g/mol. The number of barbiturate groups is 1. The molecule has 38 heavy (non-hydrogen) atoms. The number of nitrogens with one attached hydrogen (secondary N) is 1. The van der Waals surface area contributed by atoms with Crippen LogP contribution in [-0.4, -0.2) is 36.5 Å². The molecule has 1 aliphatic rings. The van der Waals surface area contributed by atoms with Crippen LogP contribution in [0, 0.1) is 0 Å². The average molecular weight is 579 g/mol. The number of carbonyl (C=O) groups excluding carboxylic acids is 3. The van der Waals surface area contributed by atoms with Crippen molar-refractivity contribution in [2.75, 3.05) is 13.7 Å². The van der Waals surface area contributed by atoms with Crippen LogP contribution in [-0.2, 0) is 22.7 Å². The summed E-state index contributed by atoms with van der Waals surface area (Å²) in [5, 5.41) is 2.26. The molecule has 1 N–H and O–H groups in total. The summed E-state index contributed by atoms with van der Waals surface area (Å²) in [4.78, 5) is 39.7. The molecule has 0 unspecified atom stereocenters. The first-order valence-electron chi connectivity index (χ1n) is 12.0. The molecule has 0 spiro atoms. The molecule has 0 bridgehead atoms. The van der Waals surface area contributed by atoms with Crippen LogP contribution in [0.25, 0.3) is 6.08 Å². The molecule has 1 heterocycles. The van der Waals surface area contributed by atoms with Crippen LogP contribution >= 0.6 is 15.9 Å². The van der Waals surface area contributed by atoms with Gasteiger partial charge >= 0.3 is 6.03 Å². The van der Waals surface area contributed by atoms with Crippen molar-refractivity contribution in [1.82, 2.24) is 10.2 Å². The Morgan fingerprint density at radius 2 is 1.66 bits per heavy atom. The van der Waals surface area contributed by atoms with Crippen LogP contribution in [0.1, 0.15) is 30.0 Å². The van der Waals surface area contributed by atoms with Gasteiger partial charge in [0.25, 0.3) is 11.8 Å². The third kappa shape index (κ3) is 6.41. The van der Waals surface area contributed by atoms with E-state index in [9.17, 15) is 14.4 Å². The van der Waals surface area contributed by atoms with Crippen LogP contribution in [0.5, 0.6) is 17.2 Å². The van der Waals surface area contributed by atoms with E-state index in [0.717, 1.165) is 21.4 Å². The second-order valence-electron chi connectivity index (χ2n) is 8.50. The lowest BCUT2D eigenvalue weighted by atomic mass is 10.1. The quantitative estimate of drug-likeness (QED) is 0.252. The van der Waals surface area contributed by atoms with E-state index in [1.807, 2.05) is 43.3 Å². The maximum atomic E-state index is 13.4. The molecule has 4 rings (SSSR count). The number of nitrogens with zero attached hydrogens (tertiary/aromatic N) is 1. The average Bonchev–Trinajstić information content (AvgIpc) is 2.92. The van der Waals surface area contributed by atoms with E-state index in [2.05, 4.69) is 21.2 Å². The number of methoxy groups -OCH3 is 1. The van der Waals surface area contributed by atoms with Gasteiger partial charge in [0.1, 0.15) is 17.9 Å². The van der Waals surface area contributed by atoms with Crippen LogP contribution in [0.4, 0.5) is 4.79 Å². The number of rotatable bonds is 10. The second-order valence-corrected chi connectivity index (χ2v) is 9.41. The summed E-state index contributed by atoms with van der Waals surface area (Å²) in [6.07, 6.45) is 2.28. The highest BCUT2D eigenvalue weighted by Gasteiger charge is 2.36. The number of benzene rings is 3. The van der Waals surface area contributed by atoms with Gasteiger partial charge in [-0.1, -0.05) is 59.3 Å². The van der Waals surface area contributed by atoms with Crippen molar-refractivity contribution < 1.29 is 28.6 Å². The molecule has 3 aromatic carbocycles. The number of hydrogen-bond acceptors (Lipinski definition) is 6. The van der Waals surface area contributed by atoms with Gasteiger partial charge in [-0.15, -0.1) is 0 Å². The highest BCUT2D eigenvalue weighted by molar-refractivity contribution is 9.10. The molecule has 0 aliphatic carbocycles. The molecule has 1 aliphatic heterocycles. The minimum absolute atomic E-state index is 0.0600. The molecule has 1 saturated heterocycles. The molecule has 0 radical (unpaired) electrons. The van der Waals surface area contributed by atoms with Gasteiger partial charge in [0, 0.05) is 10.0 Å². The van der Waals surface area contributed by atoms with Crippen LogP contribution in [0.2, 0.25) is 0 Å². The summed E-state index contributed by atoms with van der Waals surface area (Å²) in [7, 11) is 1.52. The Hall–Kier alpha value is -4.11. The number of hydrogen-bond donors (Lipinski definition) is 1. The minimum Gasteiger partial charge on any atom is -0.493 e. The molecule has 0 aromatic heterocycles. The third-order valence-corrected chi connectivity index (χ3v) is 6.22. The molecule has 3 aromatic rings. The maximum Gasteiger partial charge on any atom is 0.331 e. The lowest BCUT2D eigenvalue weighted by Gasteiger charge is -2.26. The van der Waals surface area contributed by atoms with Crippen molar-refractivity contribution in [1.29, 1.82) is 0 Å². The van der Waals surface area contributed by atoms with E-state index in [4.69, 9.17) is 14.2 Å². The van der Waals surface area contributed by atoms with Gasteiger partial charge in [-0.3, -0.25) is 19.8 Å². The highest BCUT2D eigenvalue weighted by atomic mass is 79.9. The Balaban J connectivity index is 1.59. The van der Waals surface area contributed by atoms with Crippen molar-refractivity contribution in [3.05, 3.63) is 93.5 Å². The van der Waals surface area contributed by atoms with E-state index >= 15 is 0 Å². The lowest BCUT2D eigenvalue weighted by Crippen LogP contribution is -2.53. The molecule has 0 saturated carbocycles. The summed E-state index contributed by atoms with van der Waals surface area (Å²) in [5.41, 5.74) is 1.94. The highest BCUT2D eigenvalue weighted by Crippen LogP contribution is 2.30. The van der Waals surface area contributed by atoms with Crippen molar-refractivity contribution >= 4 is 39.9 Å². The Labute approximate surface area is 229 Å². The predicted octanol–water partition coefficient (Wildman–Crippen LogP) is 5.49. The topological polar surface area (TPSA) is 94.2 Å². The summed E-state index contributed by atoms with van der Waals surface area (Å²) in [5.74, 6) is 0.0631. The normalized spacial score (nSPS) is 14.4. The number of carbonyl (C=O) groups is 3. The van der Waals surface area contributed by atoms with Crippen LogP contribution < -0.4 is 19.5 Å². The first-order valence-corrected chi connectivity index (χ1v) is 12.8. The molecule has 4 amide bonds. The smallest absolute Gasteiger partial charge is 0.331 e. The SMILES string of the molecule is CCCOc1ccc(CN2C(=O)NC(=O)/C(=C\c3cc(Br)ccc3OCc3ccccc3)C2=O)cc1OC. The zero-order valence-corrected chi connectivity index (χ0v) is 22.6. The summed E-state index contributed by atoms with van der Waals surface area (Å²) >= 11 is 3.43. The first-order chi connectivity index (χ1) is 18.4. The van der Waals surface area contributed by atoms with E-state index in [1.165, 1.54) is 13.2 Å². The predicted molar refractivity (Wildman–Crippen MR) is 146 cm³/mol. The van der Waals surface area contributed by atoms with E-state index < -0.39 is 17.8 Å². The Morgan fingerprint density at radius 1 is 0.895 bits per heavy atom. The van der Waals surface area contributed by atoms with Gasteiger partial charge < -0.3 is 14.2 Å². The van der Waals surface area contributed by atoms with Crippen molar-refractivity contribution in [2.45, 2.75) is 26.5 Å². The number of amides is 4. The fraction of sp³-hybridized carbons (Fsp3) is 0.207. The molecule has 1 fully saturated rings. The Kier molecular flexibility index (Phi) is 8.81. The Bertz CT molecular complexity index is 1370. The third-order valence-electron chi connectivity index (χ3n) is 5.73. The number of imide groups is 2. The van der Waals surface area contributed by atoms with Gasteiger partial charge in [0.05, 0.1) is 20.3 Å². The van der Waals surface area contributed by atoms with E-state index in [0.29, 0.717) is 41.6 Å². The number of halogens is 1. The zero-order chi connectivity index (χ0) is 27.1. The summed E-state index contributed by atoms with van der Waals surface area (Å²) in [6.45, 7) is 2.78. The van der Waals surface area contributed by atoms with E-state index in [-0.39, 0.29) is 12.1 Å². The fourth-order valence-corrected chi connectivity index (χ4v) is 4.19. The van der Waals surface area contributed by atoms with E-state index in [1.54, 1.807) is 30.3 Å². The van der Waals surface area contributed by atoms with Crippen molar-refractivity contribution in [3.63, 3.8) is 0 Å². The van der Waals surface area contributed by atoms with Crippen molar-refractivity contribution in [3.8, 4) is 17.2 Å². The van der Waals surface area contributed by atoms with Crippen molar-refractivity contribution in [2.24, 2.45) is 0 Å². The Morgan fingerprint density at radius 3 is 2.39 bits per heavy atom.